The first-order chi connectivity index (χ1) is 17.3. The van der Waals surface area contributed by atoms with E-state index in [4.69, 9.17) is 0 Å². The molecule has 3 unspecified atom stereocenters. The molecule has 4 nitrogen and oxygen atoms in total. The normalized spacial score (nSPS) is 22.2. The Balaban J connectivity index is 0.00000320. The van der Waals surface area contributed by atoms with E-state index in [1.165, 1.54) is 24.3 Å². The minimum absolute atomic E-state index is 0. The van der Waals surface area contributed by atoms with Gasteiger partial charge in [-0.15, -0.1) is 12.4 Å². The van der Waals surface area contributed by atoms with E-state index >= 15 is 0 Å². The van der Waals surface area contributed by atoms with Crippen LogP contribution in [0.25, 0.3) is 0 Å². The largest absolute Gasteiger partial charge is 0.377 e. The first-order valence-electron chi connectivity index (χ1n) is 12.4. The number of fused-ring (bicyclic) bond motifs is 1. The number of rotatable bonds is 6. The summed E-state index contributed by atoms with van der Waals surface area (Å²) in [5, 5.41) is 3.35. The van der Waals surface area contributed by atoms with Gasteiger partial charge in [-0.1, -0.05) is 42.5 Å². The monoisotopic (exact) mass is 524 g/mol. The van der Waals surface area contributed by atoms with E-state index in [2.05, 4.69) is 5.32 Å². The Hall–Kier alpha value is -3.09. The van der Waals surface area contributed by atoms with Crippen molar-refractivity contribution in [1.82, 2.24) is 5.32 Å². The maximum absolute atomic E-state index is 14.5. The van der Waals surface area contributed by atoms with Crippen molar-refractivity contribution in [2.45, 2.75) is 30.7 Å². The highest BCUT2D eigenvalue weighted by molar-refractivity contribution is 5.92. The highest BCUT2D eigenvalue weighted by Gasteiger charge is 2.58. The Labute approximate surface area is 222 Å². The van der Waals surface area contributed by atoms with Crippen LogP contribution in [-0.4, -0.2) is 38.2 Å². The van der Waals surface area contributed by atoms with Crippen LogP contribution in [-0.2, 0) is 21.4 Å². The van der Waals surface area contributed by atoms with Gasteiger partial charge in [-0.3, -0.25) is 9.59 Å². The van der Waals surface area contributed by atoms with Gasteiger partial charge >= 0.3 is 0 Å². The molecule has 0 radical (unpaired) electrons. The SMILES string of the molecule is CN(C)c1ccccc1CC(=O)C1NCC2C(=O)CCC(c3cccc(F)c3)(c3cccc(F)c3)C21.Cl. The molecule has 1 heterocycles. The van der Waals surface area contributed by atoms with E-state index in [9.17, 15) is 18.4 Å². The molecule has 1 aliphatic carbocycles. The molecule has 5 rings (SSSR count). The first kappa shape index (κ1) is 27.0. The standard InChI is InChI=1S/C30H30F2N2O2.ClH/c1-34(2)25-12-4-3-7-19(25)15-27(36)29-28-24(18-33-29)26(35)13-14-30(28,20-8-5-10-22(31)16-20)21-9-6-11-23(32)17-21;/h3-12,16-17,24,28-29,33H,13-15,18H2,1-2H3;1H. The summed E-state index contributed by atoms with van der Waals surface area (Å²) in [6, 6.07) is 19.8. The predicted molar refractivity (Wildman–Crippen MR) is 143 cm³/mol. The molecule has 3 aromatic carbocycles. The predicted octanol–water partition coefficient (Wildman–Crippen LogP) is 5.12. The van der Waals surface area contributed by atoms with E-state index in [1.807, 2.05) is 55.4 Å². The topological polar surface area (TPSA) is 49.4 Å². The van der Waals surface area contributed by atoms with Gasteiger partial charge < -0.3 is 10.2 Å². The summed E-state index contributed by atoms with van der Waals surface area (Å²) in [5.41, 5.74) is 2.33. The lowest BCUT2D eigenvalue weighted by molar-refractivity contribution is -0.128. The molecule has 1 saturated carbocycles. The molecular weight excluding hydrogens is 494 g/mol. The zero-order valence-corrected chi connectivity index (χ0v) is 21.7. The second kappa shape index (κ2) is 10.7. The van der Waals surface area contributed by atoms with Crippen LogP contribution >= 0.6 is 12.4 Å². The average Bonchev–Trinajstić information content (AvgIpc) is 3.32. The van der Waals surface area contributed by atoms with Gasteiger partial charge in [-0.2, -0.15) is 0 Å². The number of para-hydroxylation sites is 1. The summed E-state index contributed by atoms with van der Waals surface area (Å²) in [4.78, 5) is 29.0. The van der Waals surface area contributed by atoms with Crippen LogP contribution in [0.4, 0.5) is 14.5 Å². The molecule has 0 bridgehead atoms. The summed E-state index contributed by atoms with van der Waals surface area (Å²) in [6.07, 6.45) is 0.881. The number of carbonyl (C=O) groups is 2. The lowest BCUT2D eigenvalue weighted by atomic mass is 9.54. The van der Waals surface area contributed by atoms with Crippen LogP contribution in [0, 0.1) is 23.5 Å². The van der Waals surface area contributed by atoms with Gasteiger partial charge in [-0.25, -0.2) is 8.78 Å². The lowest BCUT2D eigenvalue weighted by Crippen LogP contribution is -2.52. The number of benzene rings is 3. The summed E-state index contributed by atoms with van der Waals surface area (Å²) < 4.78 is 29.1. The number of hydrogen-bond acceptors (Lipinski definition) is 4. The number of hydrogen-bond donors (Lipinski definition) is 1. The highest BCUT2D eigenvalue weighted by Crippen LogP contribution is 2.53. The van der Waals surface area contributed by atoms with Gasteiger partial charge in [0.2, 0.25) is 0 Å². The first-order valence-corrected chi connectivity index (χ1v) is 12.4. The number of nitrogens with zero attached hydrogens (tertiary/aromatic N) is 1. The summed E-state index contributed by atoms with van der Waals surface area (Å²) >= 11 is 0. The fourth-order valence-electron chi connectivity index (χ4n) is 6.44. The third-order valence-corrected chi connectivity index (χ3v) is 7.96. The number of ketones is 2. The molecular formula is C30H31ClF2N2O2. The molecule has 3 atom stereocenters. The van der Waals surface area contributed by atoms with Crippen molar-refractivity contribution in [3.8, 4) is 0 Å². The lowest BCUT2D eigenvalue weighted by Gasteiger charge is -2.47. The third kappa shape index (κ3) is 4.80. The molecule has 1 aliphatic heterocycles. The molecule has 7 heteroatoms. The second-order valence-corrected chi connectivity index (χ2v) is 10.1. The molecule has 0 amide bonds. The second-order valence-electron chi connectivity index (χ2n) is 10.1. The van der Waals surface area contributed by atoms with E-state index in [0.29, 0.717) is 30.5 Å². The quantitative estimate of drug-likeness (QED) is 0.486. The number of carbonyl (C=O) groups excluding carboxylic acids is 2. The van der Waals surface area contributed by atoms with Gasteiger partial charge in [-0.05, 0) is 53.4 Å². The van der Waals surface area contributed by atoms with Crippen molar-refractivity contribution in [1.29, 1.82) is 0 Å². The Morgan fingerprint density at radius 1 is 0.973 bits per heavy atom. The summed E-state index contributed by atoms with van der Waals surface area (Å²) in [6.45, 7) is 0.377. The maximum atomic E-state index is 14.5. The molecule has 3 aromatic rings. The molecule has 1 N–H and O–H groups in total. The van der Waals surface area contributed by atoms with Crippen LogP contribution in [0.3, 0.4) is 0 Å². The number of nitrogens with one attached hydrogen (secondary N) is 1. The molecule has 0 aromatic heterocycles. The third-order valence-electron chi connectivity index (χ3n) is 7.96. The zero-order valence-electron chi connectivity index (χ0n) is 20.9. The Morgan fingerprint density at radius 2 is 1.59 bits per heavy atom. The Bertz CT molecular complexity index is 1270. The van der Waals surface area contributed by atoms with Gasteiger partial charge in [0.25, 0.3) is 0 Å². The van der Waals surface area contributed by atoms with E-state index in [0.717, 1.165) is 11.3 Å². The molecule has 37 heavy (non-hydrogen) atoms. The van der Waals surface area contributed by atoms with Crippen molar-refractivity contribution in [2.24, 2.45) is 11.8 Å². The number of halogens is 3. The minimum Gasteiger partial charge on any atom is -0.377 e. The zero-order chi connectivity index (χ0) is 25.4. The highest BCUT2D eigenvalue weighted by atomic mass is 35.5. The van der Waals surface area contributed by atoms with Crippen LogP contribution in [0.15, 0.2) is 72.8 Å². The Kier molecular flexibility index (Phi) is 7.81. The fourth-order valence-corrected chi connectivity index (χ4v) is 6.44. The van der Waals surface area contributed by atoms with Crippen molar-refractivity contribution in [3.05, 3.63) is 101 Å². The van der Waals surface area contributed by atoms with Crippen molar-refractivity contribution >= 4 is 29.7 Å². The number of anilines is 1. The van der Waals surface area contributed by atoms with Crippen LogP contribution in [0.5, 0.6) is 0 Å². The minimum atomic E-state index is -0.881. The maximum Gasteiger partial charge on any atom is 0.154 e. The summed E-state index contributed by atoms with van der Waals surface area (Å²) in [7, 11) is 3.87. The average molecular weight is 525 g/mol. The van der Waals surface area contributed by atoms with Gasteiger partial charge in [0, 0.05) is 56.4 Å². The van der Waals surface area contributed by atoms with Crippen molar-refractivity contribution in [2.75, 3.05) is 25.5 Å². The number of Topliss-reactive ketones (excluding diaryl/α,β-unsaturated/α-hetero) is 2. The summed E-state index contributed by atoms with van der Waals surface area (Å²) in [5.74, 6) is -1.59. The van der Waals surface area contributed by atoms with Gasteiger partial charge in [0.15, 0.2) is 5.78 Å². The van der Waals surface area contributed by atoms with E-state index in [-0.39, 0.29) is 30.4 Å². The Morgan fingerprint density at radius 3 is 2.19 bits per heavy atom. The molecule has 0 spiro atoms. The van der Waals surface area contributed by atoms with Crippen LogP contribution in [0.1, 0.15) is 29.5 Å². The fraction of sp³-hybridized carbons (Fsp3) is 0.333. The molecule has 194 valence electrons. The van der Waals surface area contributed by atoms with E-state index < -0.39 is 34.9 Å². The molecule has 2 aliphatic rings. The molecule has 2 fully saturated rings. The van der Waals surface area contributed by atoms with Gasteiger partial charge in [0.1, 0.15) is 17.4 Å². The van der Waals surface area contributed by atoms with Crippen molar-refractivity contribution < 1.29 is 18.4 Å². The van der Waals surface area contributed by atoms with E-state index in [1.54, 1.807) is 12.1 Å². The molecule has 1 saturated heterocycles. The smallest absolute Gasteiger partial charge is 0.154 e. The van der Waals surface area contributed by atoms with Crippen molar-refractivity contribution in [3.63, 3.8) is 0 Å². The van der Waals surface area contributed by atoms with Gasteiger partial charge in [0.05, 0.1) is 6.04 Å². The van der Waals surface area contributed by atoms with Crippen LogP contribution < -0.4 is 10.2 Å². The van der Waals surface area contributed by atoms with Crippen LogP contribution in [0.2, 0.25) is 0 Å².